The number of primary amides is 1. The smallest absolute Gasteiger partial charge is 0.257 e. The normalized spacial score (nSPS) is 10.2. The first kappa shape index (κ1) is 14.9. The van der Waals surface area contributed by atoms with Crippen molar-refractivity contribution in [3.8, 4) is 0 Å². The van der Waals surface area contributed by atoms with Gasteiger partial charge in [0.05, 0.1) is 5.56 Å². The lowest BCUT2D eigenvalue weighted by molar-refractivity contribution is 0.0996. The Morgan fingerprint density at radius 2 is 1.86 bits per heavy atom. The molecule has 0 bridgehead atoms. The number of nitrogens with one attached hydrogen (secondary N) is 1. The minimum absolute atomic E-state index is 0.268. The van der Waals surface area contributed by atoms with E-state index in [4.69, 9.17) is 23.1 Å². The molecule has 5 N–H and O–H groups in total. The van der Waals surface area contributed by atoms with Crippen molar-refractivity contribution in [2.45, 2.75) is 6.92 Å². The maximum atomic E-state index is 12.2. The van der Waals surface area contributed by atoms with Crippen LogP contribution in [0, 0.1) is 6.92 Å². The predicted molar refractivity (Wildman–Crippen MR) is 83.5 cm³/mol. The van der Waals surface area contributed by atoms with E-state index in [-0.39, 0.29) is 5.56 Å². The summed E-state index contributed by atoms with van der Waals surface area (Å²) in [5.41, 5.74) is 13.2. The molecular weight excluding hydrogens is 290 g/mol. The zero-order valence-corrected chi connectivity index (χ0v) is 12.1. The topological polar surface area (TPSA) is 98.2 Å². The number of rotatable bonds is 3. The largest absolute Gasteiger partial charge is 0.398 e. The molecule has 0 aliphatic rings. The minimum atomic E-state index is -0.559. The number of carbonyl (C=O) groups is 2. The second-order valence-corrected chi connectivity index (χ2v) is 5.07. The van der Waals surface area contributed by atoms with Gasteiger partial charge in [-0.3, -0.25) is 9.59 Å². The van der Waals surface area contributed by atoms with Crippen molar-refractivity contribution >= 4 is 34.8 Å². The van der Waals surface area contributed by atoms with Crippen molar-refractivity contribution in [2.24, 2.45) is 5.73 Å². The number of nitrogens with two attached hydrogens (primary N) is 2. The molecule has 0 spiro atoms. The second kappa shape index (κ2) is 5.85. The summed E-state index contributed by atoms with van der Waals surface area (Å²) in [4.78, 5) is 23.4. The molecule has 2 aromatic rings. The lowest BCUT2D eigenvalue weighted by Gasteiger charge is -2.10. The molecule has 0 aliphatic heterocycles. The third-order valence-electron chi connectivity index (χ3n) is 2.88. The Bertz CT molecular complexity index is 729. The molecule has 5 nitrogen and oxygen atoms in total. The van der Waals surface area contributed by atoms with Crippen molar-refractivity contribution in [3.63, 3.8) is 0 Å². The van der Waals surface area contributed by atoms with Gasteiger partial charge in [0.25, 0.3) is 5.91 Å². The number of anilines is 2. The van der Waals surface area contributed by atoms with Crippen LogP contribution in [0.4, 0.5) is 11.4 Å². The molecule has 0 unspecified atom stereocenters. The van der Waals surface area contributed by atoms with Gasteiger partial charge in [-0.2, -0.15) is 0 Å². The molecule has 0 heterocycles. The predicted octanol–water partition coefficient (Wildman–Crippen LogP) is 2.58. The molecule has 6 heteroatoms. The van der Waals surface area contributed by atoms with Crippen LogP contribution in [-0.2, 0) is 0 Å². The molecule has 0 radical (unpaired) electrons. The number of carbonyl (C=O) groups excluding carboxylic acids is 2. The lowest BCUT2D eigenvalue weighted by atomic mass is 10.1. The molecular formula is C15H14ClN3O2. The Hall–Kier alpha value is -2.53. The fraction of sp³-hybridized carbons (Fsp3) is 0.0667. The molecule has 2 rings (SSSR count). The number of amides is 2. The minimum Gasteiger partial charge on any atom is -0.398 e. The molecule has 0 aromatic heterocycles. The Balaban J connectivity index is 2.31. The Morgan fingerprint density at radius 3 is 2.52 bits per heavy atom. The summed E-state index contributed by atoms with van der Waals surface area (Å²) in [5.74, 6) is -0.965. The Kier molecular flexibility index (Phi) is 4.14. The zero-order chi connectivity index (χ0) is 15.6. The van der Waals surface area contributed by atoms with Crippen molar-refractivity contribution in [3.05, 3.63) is 58.1 Å². The summed E-state index contributed by atoms with van der Waals surface area (Å²) >= 11 is 5.86. The average molecular weight is 304 g/mol. The van der Waals surface area contributed by atoms with E-state index in [0.717, 1.165) is 5.56 Å². The van der Waals surface area contributed by atoms with E-state index >= 15 is 0 Å². The van der Waals surface area contributed by atoms with Crippen LogP contribution in [-0.4, -0.2) is 11.8 Å². The van der Waals surface area contributed by atoms with E-state index in [0.29, 0.717) is 22.0 Å². The van der Waals surface area contributed by atoms with Crippen LogP contribution in [0.25, 0.3) is 0 Å². The standard InChI is InChI=1S/C15H14ClN3O2/c1-8-4-9(14(18)20)6-11(5-8)19-15(21)12-7-10(16)2-3-13(12)17/h2-7H,17H2,1H3,(H2,18,20)(H,19,21). The highest BCUT2D eigenvalue weighted by Crippen LogP contribution is 2.20. The van der Waals surface area contributed by atoms with Crippen molar-refractivity contribution in [1.82, 2.24) is 0 Å². The first-order valence-corrected chi connectivity index (χ1v) is 6.52. The maximum Gasteiger partial charge on any atom is 0.257 e. The first-order chi connectivity index (χ1) is 9.86. The van der Waals surface area contributed by atoms with Gasteiger partial charge in [-0.15, -0.1) is 0 Å². The van der Waals surface area contributed by atoms with Gasteiger partial charge in [-0.25, -0.2) is 0 Å². The monoisotopic (exact) mass is 303 g/mol. The third-order valence-corrected chi connectivity index (χ3v) is 3.11. The summed E-state index contributed by atoms with van der Waals surface area (Å²) in [6.07, 6.45) is 0. The van der Waals surface area contributed by atoms with E-state index in [1.54, 1.807) is 31.2 Å². The summed E-state index contributed by atoms with van der Waals surface area (Å²) in [7, 11) is 0. The number of benzene rings is 2. The summed E-state index contributed by atoms with van der Waals surface area (Å²) in [6, 6.07) is 9.52. The summed E-state index contributed by atoms with van der Waals surface area (Å²) in [5, 5.41) is 3.09. The fourth-order valence-corrected chi connectivity index (χ4v) is 2.09. The highest BCUT2D eigenvalue weighted by Gasteiger charge is 2.12. The van der Waals surface area contributed by atoms with E-state index in [9.17, 15) is 9.59 Å². The van der Waals surface area contributed by atoms with Crippen molar-refractivity contribution in [1.29, 1.82) is 0 Å². The van der Waals surface area contributed by atoms with Crippen molar-refractivity contribution < 1.29 is 9.59 Å². The van der Waals surface area contributed by atoms with Gasteiger partial charge in [-0.05, 0) is 48.9 Å². The van der Waals surface area contributed by atoms with Crippen LogP contribution in [0.2, 0.25) is 5.02 Å². The SMILES string of the molecule is Cc1cc(NC(=O)c2cc(Cl)ccc2N)cc(C(N)=O)c1. The van der Waals surface area contributed by atoms with E-state index in [1.807, 2.05) is 0 Å². The molecule has 0 saturated carbocycles. The van der Waals surface area contributed by atoms with Gasteiger partial charge in [0.2, 0.25) is 5.91 Å². The van der Waals surface area contributed by atoms with Crippen LogP contribution < -0.4 is 16.8 Å². The summed E-state index contributed by atoms with van der Waals surface area (Å²) in [6.45, 7) is 1.80. The van der Waals surface area contributed by atoms with Crippen LogP contribution in [0.5, 0.6) is 0 Å². The Morgan fingerprint density at radius 1 is 1.14 bits per heavy atom. The van der Waals surface area contributed by atoms with Crippen LogP contribution in [0.1, 0.15) is 26.3 Å². The van der Waals surface area contributed by atoms with Gasteiger partial charge < -0.3 is 16.8 Å². The van der Waals surface area contributed by atoms with Gasteiger partial charge in [0.15, 0.2) is 0 Å². The fourth-order valence-electron chi connectivity index (χ4n) is 1.92. The molecule has 108 valence electrons. The molecule has 0 atom stereocenters. The molecule has 0 saturated heterocycles. The number of aryl methyl sites for hydroxylation is 1. The van der Waals surface area contributed by atoms with Gasteiger partial charge >= 0.3 is 0 Å². The van der Waals surface area contributed by atoms with Crippen LogP contribution in [0.3, 0.4) is 0 Å². The number of nitrogen functional groups attached to an aromatic ring is 1. The molecule has 0 fully saturated rings. The quantitative estimate of drug-likeness (QED) is 0.760. The lowest BCUT2D eigenvalue weighted by Crippen LogP contribution is -2.16. The van der Waals surface area contributed by atoms with Gasteiger partial charge in [-0.1, -0.05) is 11.6 Å². The molecule has 0 aliphatic carbocycles. The number of hydrogen-bond acceptors (Lipinski definition) is 3. The van der Waals surface area contributed by atoms with Gasteiger partial charge in [0, 0.05) is 22.0 Å². The summed E-state index contributed by atoms with van der Waals surface area (Å²) < 4.78 is 0. The third kappa shape index (κ3) is 3.52. The molecule has 21 heavy (non-hydrogen) atoms. The van der Waals surface area contributed by atoms with Crippen LogP contribution >= 0.6 is 11.6 Å². The second-order valence-electron chi connectivity index (χ2n) is 4.64. The average Bonchev–Trinajstić information content (AvgIpc) is 2.40. The molecule has 2 aromatic carbocycles. The van der Waals surface area contributed by atoms with Gasteiger partial charge in [0.1, 0.15) is 0 Å². The maximum absolute atomic E-state index is 12.2. The molecule has 2 amide bonds. The van der Waals surface area contributed by atoms with E-state index < -0.39 is 11.8 Å². The Labute approximate surface area is 126 Å². The zero-order valence-electron chi connectivity index (χ0n) is 11.3. The highest BCUT2D eigenvalue weighted by atomic mass is 35.5. The first-order valence-electron chi connectivity index (χ1n) is 6.14. The van der Waals surface area contributed by atoms with E-state index in [2.05, 4.69) is 5.32 Å². The van der Waals surface area contributed by atoms with E-state index in [1.165, 1.54) is 12.1 Å². The van der Waals surface area contributed by atoms with Crippen LogP contribution in [0.15, 0.2) is 36.4 Å². The van der Waals surface area contributed by atoms with Crippen molar-refractivity contribution in [2.75, 3.05) is 11.1 Å². The number of halogens is 1. The highest BCUT2D eigenvalue weighted by molar-refractivity contribution is 6.31. The number of hydrogen-bond donors (Lipinski definition) is 3.